The Kier molecular flexibility index (Phi) is 10.9. The van der Waals surface area contributed by atoms with E-state index in [1.165, 1.54) is 0 Å². The van der Waals surface area contributed by atoms with Gasteiger partial charge in [-0.3, -0.25) is 0 Å². The molecule has 214 valence electrons. The Morgan fingerprint density at radius 2 is 1.33 bits per heavy atom. The number of amides is 2. The van der Waals surface area contributed by atoms with E-state index < -0.39 is 41.5 Å². The molecule has 9 heteroatoms. The number of benzene rings is 2. The van der Waals surface area contributed by atoms with Crippen LogP contribution in [-0.2, 0) is 25.4 Å². The highest BCUT2D eigenvalue weighted by molar-refractivity contribution is 5.84. The van der Waals surface area contributed by atoms with E-state index in [0.29, 0.717) is 0 Å². The van der Waals surface area contributed by atoms with Crippen LogP contribution in [0.2, 0.25) is 0 Å². The fourth-order valence-corrected chi connectivity index (χ4v) is 3.64. The molecule has 0 aromatic heterocycles. The van der Waals surface area contributed by atoms with E-state index >= 15 is 0 Å². The highest BCUT2D eigenvalue weighted by atomic mass is 16.6. The van der Waals surface area contributed by atoms with Crippen molar-refractivity contribution in [3.05, 3.63) is 71.8 Å². The molecule has 2 rings (SSSR count). The Labute approximate surface area is 232 Å². The molecule has 0 saturated carbocycles. The molecule has 0 radical (unpaired) electrons. The highest BCUT2D eigenvalue weighted by Crippen LogP contribution is 2.26. The van der Waals surface area contributed by atoms with Crippen molar-refractivity contribution in [1.29, 1.82) is 0 Å². The van der Waals surface area contributed by atoms with Crippen LogP contribution in [0.5, 0.6) is 0 Å². The Morgan fingerprint density at radius 3 is 1.82 bits per heavy atom. The van der Waals surface area contributed by atoms with Gasteiger partial charge >= 0.3 is 18.2 Å². The number of esters is 1. The third kappa shape index (κ3) is 10.6. The second kappa shape index (κ2) is 13.5. The monoisotopic (exact) mass is 541 g/mol. The van der Waals surface area contributed by atoms with E-state index in [9.17, 15) is 14.4 Å². The third-order valence-corrected chi connectivity index (χ3v) is 5.68. The number of likely N-dealkylation sites (N-methyl/N-ethyl adjacent to an activating group) is 1. The molecule has 3 atom stereocenters. The number of nitrogens with one attached hydrogen (secondary N) is 1. The van der Waals surface area contributed by atoms with E-state index in [1.54, 1.807) is 41.5 Å². The van der Waals surface area contributed by atoms with Crippen molar-refractivity contribution in [2.45, 2.75) is 84.3 Å². The van der Waals surface area contributed by atoms with Gasteiger partial charge in [-0.25, -0.2) is 24.8 Å². The predicted octanol–water partition coefficient (Wildman–Crippen LogP) is 5.51. The maximum absolute atomic E-state index is 14.0. The van der Waals surface area contributed by atoms with Gasteiger partial charge in [-0.15, -0.1) is 0 Å². The van der Waals surface area contributed by atoms with Crippen LogP contribution in [0.15, 0.2) is 60.7 Å². The standard InChI is InChI=1S/C30H43N3O6/c1-21(32(8)9)25(23-18-14-11-15-19-23)37-26(34)24(20-22-16-12-10-13-17-22)33(28(36)39-30(5,6)7)31-27(35)38-29(2,3)4/h10-19,21,24-25H,20H2,1-9H3,(H,31,35)/t21-,24+,25-/m0/s1. The summed E-state index contributed by atoms with van der Waals surface area (Å²) >= 11 is 0. The molecule has 39 heavy (non-hydrogen) atoms. The zero-order chi connectivity index (χ0) is 29.4. The Morgan fingerprint density at radius 1 is 0.821 bits per heavy atom. The quantitative estimate of drug-likeness (QED) is 0.267. The molecule has 0 saturated heterocycles. The van der Waals surface area contributed by atoms with Gasteiger partial charge < -0.3 is 19.1 Å². The molecule has 0 spiro atoms. The molecule has 0 heterocycles. The second-order valence-corrected chi connectivity index (χ2v) is 11.6. The van der Waals surface area contributed by atoms with Crippen molar-refractivity contribution in [3.63, 3.8) is 0 Å². The lowest BCUT2D eigenvalue weighted by Gasteiger charge is -2.35. The molecule has 0 aliphatic heterocycles. The Balaban J connectivity index is 2.53. The van der Waals surface area contributed by atoms with Crippen LogP contribution < -0.4 is 5.43 Å². The lowest BCUT2D eigenvalue weighted by atomic mass is 10.0. The second-order valence-electron chi connectivity index (χ2n) is 11.6. The lowest BCUT2D eigenvalue weighted by molar-refractivity contribution is -0.160. The Hall–Kier alpha value is -3.59. The first-order chi connectivity index (χ1) is 18.1. The van der Waals surface area contributed by atoms with Gasteiger partial charge in [-0.1, -0.05) is 60.7 Å². The minimum Gasteiger partial charge on any atom is -0.454 e. The normalized spacial score (nSPS) is 14.1. The summed E-state index contributed by atoms with van der Waals surface area (Å²) in [6.07, 6.45) is -2.40. The van der Waals surface area contributed by atoms with E-state index in [4.69, 9.17) is 14.2 Å². The first-order valence-electron chi connectivity index (χ1n) is 13.0. The van der Waals surface area contributed by atoms with Gasteiger partial charge in [0.1, 0.15) is 17.3 Å². The van der Waals surface area contributed by atoms with Gasteiger partial charge in [0.15, 0.2) is 6.04 Å². The number of rotatable bonds is 8. The van der Waals surface area contributed by atoms with Gasteiger partial charge in [0.25, 0.3) is 0 Å². The SMILES string of the molecule is C[C@@H]([C@H](OC(=O)[C@@H](Cc1ccccc1)N(NC(=O)OC(C)(C)C)C(=O)OC(C)(C)C)c1ccccc1)N(C)C. The zero-order valence-corrected chi connectivity index (χ0v) is 24.6. The summed E-state index contributed by atoms with van der Waals surface area (Å²) in [4.78, 5) is 42.1. The van der Waals surface area contributed by atoms with Crippen LogP contribution >= 0.6 is 0 Å². The smallest absolute Gasteiger partial charge is 0.430 e. The third-order valence-electron chi connectivity index (χ3n) is 5.68. The minimum atomic E-state index is -1.25. The first-order valence-corrected chi connectivity index (χ1v) is 13.0. The number of hydrogen-bond acceptors (Lipinski definition) is 7. The summed E-state index contributed by atoms with van der Waals surface area (Å²) in [6, 6.07) is 17.1. The zero-order valence-electron chi connectivity index (χ0n) is 24.6. The van der Waals surface area contributed by atoms with E-state index in [0.717, 1.165) is 16.1 Å². The fraction of sp³-hybridized carbons (Fsp3) is 0.500. The van der Waals surface area contributed by atoms with Crippen LogP contribution in [-0.4, -0.2) is 65.4 Å². The van der Waals surface area contributed by atoms with Gasteiger partial charge in [0.2, 0.25) is 0 Å². The van der Waals surface area contributed by atoms with Crippen molar-refractivity contribution in [1.82, 2.24) is 15.3 Å². The van der Waals surface area contributed by atoms with E-state index in [2.05, 4.69) is 5.43 Å². The summed E-state index contributed by atoms with van der Waals surface area (Å²) in [5.74, 6) is -0.705. The van der Waals surface area contributed by atoms with Crippen molar-refractivity contribution < 1.29 is 28.6 Å². The van der Waals surface area contributed by atoms with Crippen molar-refractivity contribution in [2.75, 3.05) is 14.1 Å². The Bertz CT molecular complexity index is 1080. The topological polar surface area (TPSA) is 97.4 Å². The summed E-state index contributed by atoms with van der Waals surface area (Å²) in [5, 5.41) is 0.872. The van der Waals surface area contributed by atoms with Crippen molar-refractivity contribution in [3.8, 4) is 0 Å². The number of carbonyl (C=O) groups excluding carboxylic acids is 3. The van der Waals surface area contributed by atoms with Crippen LogP contribution in [0.25, 0.3) is 0 Å². The van der Waals surface area contributed by atoms with Crippen molar-refractivity contribution in [2.24, 2.45) is 0 Å². The molecule has 9 nitrogen and oxygen atoms in total. The number of carbonyl (C=O) groups is 3. The minimum absolute atomic E-state index is 0.0621. The van der Waals surface area contributed by atoms with E-state index in [-0.39, 0.29) is 12.5 Å². The number of hydrazine groups is 1. The summed E-state index contributed by atoms with van der Waals surface area (Å²) in [7, 11) is 3.79. The highest BCUT2D eigenvalue weighted by Gasteiger charge is 2.39. The molecule has 0 bridgehead atoms. The van der Waals surface area contributed by atoms with Gasteiger partial charge in [-0.2, -0.15) is 0 Å². The summed E-state index contributed by atoms with van der Waals surface area (Å²) in [5.41, 5.74) is 2.28. The van der Waals surface area contributed by atoms with Crippen LogP contribution in [0.3, 0.4) is 0 Å². The largest absolute Gasteiger partial charge is 0.454 e. The van der Waals surface area contributed by atoms with Crippen LogP contribution in [0.4, 0.5) is 9.59 Å². The van der Waals surface area contributed by atoms with Crippen LogP contribution in [0.1, 0.15) is 65.7 Å². The molecule has 0 aliphatic rings. The summed E-state index contributed by atoms with van der Waals surface area (Å²) < 4.78 is 17.1. The fourth-order valence-electron chi connectivity index (χ4n) is 3.64. The first kappa shape index (κ1) is 31.6. The number of nitrogens with zero attached hydrogens (tertiary/aromatic N) is 2. The molecule has 0 unspecified atom stereocenters. The van der Waals surface area contributed by atoms with Crippen LogP contribution in [0, 0.1) is 0 Å². The lowest BCUT2D eigenvalue weighted by Crippen LogP contribution is -2.58. The molecule has 2 aromatic carbocycles. The molecular weight excluding hydrogens is 498 g/mol. The molecule has 0 fully saturated rings. The number of hydrogen-bond donors (Lipinski definition) is 1. The maximum Gasteiger partial charge on any atom is 0.430 e. The van der Waals surface area contributed by atoms with Gasteiger partial charge in [0, 0.05) is 12.5 Å². The molecular formula is C30H43N3O6. The molecule has 2 aromatic rings. The van der Waals surface area contributed by atoms with Gasteiger partial charge in [0.05, 0.1) is 0 Å². The maximum atomic E-state index is 14.0. The summed E-state index contributed by atoms with van der Waals surface area (Å²) in [6.45, 7) is 12.1. The van der Waals surface area contributed by atoms with E-state index in [1.807, 2.05) is 86.6 Å². The van der Waals surface area contributed by atoms with Gasteiger partial charge in [-0.05, 0) is 73.7 Å². The molecule has 0 aliphatic carbocycles. The average Bonchev–Trinajstić information content (AvgIpc) is 2.83. The predicted molar refractivity (Wildman–Crippen MR) is 150 cm³/mol. The average molecular weight is 542 g/mol. The molecule has 2 amide bonds. The number of ether oxygens (including phenoxy) is 3. The van der Waals surface area contributed by atoms with Crippen molar-refractivity contribution >= 4 is 18.2 Å². The molecule has 1 N–H and O–H groups in total.